The fourth-order valence-electron chi connectivity index (χ4n) is 3.94. The van der Waals surface area contributed by atoms with E-state index in [1.807, 2.05) is 6.07 Å². The Morgan fingerprint density at radius 2 is 1.58 bits per heavy atom. The molecule has 0 amide bonds. The number of hydrogen-bond acceptors (Lipinski definition) is 1. The van der Waals surface area contributed by atoms with Crippen LogP contribution in [0.2, 0.25) is 0 Å². The second kappa shape index (κ2) is 8.14. The van der Waals surface area contributed by atoms with Crippen molar-refractivity contribution in [2.75, 3.05) is 0 Å². The number of benzene rings is 2. The maximum Gasteiger partial charge on any atom is 0.306 e. The van der Waals surface area contributed by atoms with Gasteiger partial charge in [-0.05, 0) is 54.7 Å². The Labute approximate surface area is 144 Å². The van der Waals surface area contributed by atoms with Crippen LogP contribution < -0.4 is 0 Å². The molecule has 0 bridgehead atoms. The average molecular weight is 322 g/mol. The third-order valence-electron chi connectivity index (χ3n) is 5.33. The fourth-order valence-corrected chi connectivity index (χ4v) is 3.94. The molecule has 0 aliphatic heterocycles. The van der Waals surface area contributed by atoms with E-state index in [0.29, 0.717) is 5.92 Å². The molecule has 3 rings (SSSR count). The standard InChI is InChI=1S/C22H26O2/c23-22(24)21-12-5-4-10-20(21)11-6-7-17-13-15-19(16-14-17)18-8-2-1-3-9-18/h1-3,8-9,13-16,20-21H,4-7,10-12H2,(H,23,24)/t20-,21+/m0/s1. The first-order valence-corrected chi connectivity index (χ1v) is 9.11. The maximum atomic E-state index is 11.4. The summed E-state index contributed by atoms with van der Waals surface area (Å²) in [4.78, 5) is 11.4. The quantitative estimate of drug-likeness (QED) is 0.755. The SMILES string of the molecule is O=C(O)[C@@H]1CCCC[C@H]1CCCc1ccc(-c2ccccc2)cc1. The Morgan fingerprint density at radius 1 is 0.917 bits per heavy atom. The molecule has 2 aromatic rings. The highest BCUT2D eigenvalue weighted by Crippen LogP contribution is 2.33. The topological polar surface area (TPSA) is 37.3 Å². The molecule has 0 spiro atoms. The molecule has 126 valence electrons. The van der Waals surface area contributed by atoms with Crippen LogP contribution in [0.1, 0.15) is 44.1 Å². The summed E-state index contributed by atoms with van der Waals surface area (Å²) < 4.78 is 0. The molecule has 2 heteroatoms. The molecule has 1 saturated carbocycles. The van der Waals surface area contributed by atoms with Crippen LogP contribution in [0.25, 0.3) is 11.1 Å². The van der Waals surface area contributed by atoms with Crippen LogP contribution >= 0.6 is 0 Å². The zero-order chi connectivity index (χ0) is 16.8. The van der Waals surface area contributed by atoms with Crippen molar-refractivity contribution in [3.8, 4) is 11.1 Å². The van der Waals surface area contributed by atoms with Gasteiger partial charge in [-0.3, -0.25) is 4.79 Å². The fraction of sp³-hybridized carbons (Fsp3) is 0.409. The first kappa shape index (κ1) is 16.8. The van der Waals surface area contributed by atoms with Crippen molar-refractivity contribution < 1.29 is 9.90 Å². The Bertz CT molecular complexity index is 645. The maximum absolute atomic E-state index is 11.4. The lowest BCUT2D eigenvalue weighted by Gasteiger charge is -2.28. The Morgan fingerprint density at radius 3 is 2.29 bits per heavy atom. The zero-order valence-electron chi connectivity index (χ0n) is 14.2. The van der Waals surface area contributed by atoms with Crippen LogP contribution in [0.5, 0.6) is 0 Å². The third kappa shape index (κ3) is 4.25. The molecule has 1 aliphatic rings. The van der Waals surface area contributed by atoms with Gasteiger partial charge < -0.3 is 5.11 Å². The van der Waals surface area contributed by atoms with Crippen molar-refractivity contribution in [3.05, 3.63) is 60.2 Å². The molecule has 1 N–H and O–H groups in total. The van der Waals surface area contributed by atoms with Crippen LogP contribution in [0.3, 0.4) is 0 Å². The monoisotopic (exact) mass is 322 g/mol. The van der Waals surface area contributed by atoms with E-state index in [1.54, 1.807) is 0 Å². The van der Waals surface area contributed by atoms with Gasteiger partial charge in [0, 0.05) is 0 Å². The minimum absolute atomic E-state index is 0.112. The van der Waals surface area contributed by atoms with Crippen LogP contribution in [-0.2, 0) is 11.2 Å². The van der Waals surface area contributed by atoms with Crippen LogP contribution in [0.4, 0.5) is 0 Å². The first-order chi connectivity index (χ1) is 11.7. The number of rotatable bonds is 6. The summed E-state index contributed by atoms with van der Waals surface area (Å²) in [5, 5.41) is 9.36. The van der Waals surface area contributed by atoms with Gasteiger partial charge in [0.25, 0.3) is 0 Å². The minimum atomic E-state index is -0.591. The molecule has 0 aromatic heterocycles. The van der Waals surface area contributed by atoms with E-state index in [9.17, 15) is 9.90 Å². The van der Waals surface area contributed by atoms with E-state index >= 15 is 0 Å². The van der Waals surface area contributed by atoms with E-state index in [4.69, 9.17) is 0 Å². The van der Waals surface area contributed by atoms with Gasteiger partial charge in [-0.25, -0.2) is 0 Å². The lowest BCUT2D eigenvalue weighted by molar-refractivity contribution is -0.145. The van der Waals surface area contributed by atoms with Gasteiger partial charge in [0.05, 0.1) is 5.92 Å². The number of carbonyl (C=O) groups is 1. The summed E-state index contributed by atoms with van der Waals surface area (Å²) in [6.45, 7) is 0. The first-order valence-electron chi connectivity index (χ1n) is 9.11. The summed E-state index contributed by atoms with van der Waals surface area (Å²) in [7, 11) is 0. The van der Waals surface area contributed by atoms with Gasteiger partial charge >= 0.3 is 5.97 Å². The highest BCUT2D eigenvalue weighted by Gasteiger charge is 2.29. The molecule has 2 aromatic carbocycles. The predicted octanol–water partition coefficient (Wildman–Crippen LogP) is 5.57. The van der Waals surface area contributed by atoms with Gasteiger partial charge in [-0.1, -0.05) is 67.4 Å². The van der Waals surface area contributed by atoms with Crippen molar-refractivity contribution in [2.45, 2.75) is 44.9 Å². The van der Waals surface area contributed by atoms with Crippen molar-refractivity contribution in [1.82, 2.24) is 0 Å². The van der Waals surface area contributed by atoms with Crippen molar-refractivity contribution >= 4 is 5.97 Å². The summed E-state index contributed by atoms with van der Waals surface area (Å²) in [5.41, 5.74) is 3.84. The molecule has 24 heavy (non-hydrogen) atoms. The Balaban J connectivity index is 1.52. The Hall–Kier alpha value is -2.09. The second-order valence-electron chi connectivity index (χ2n) is 6.94. The number of hydrogen-bond donors (Lipinski definition) is 1. The van der Waals surface area contributed by atoms with Gasteiger partial charge in [0.1, 0.15) is 0 Å². The molecule has 0 heterocycles. The second-order valence-corrected chi connectivity index (χ2v) is 6.94. The lowest BCUT2D eigenvalue weighted by atomic mass is 9.76. The van der Waals surface area contributed by atoms with Gasteiger partial charge in [0.2, 0.25) is 0 Å². The van der Waals surface area contributed by atoms with E-state index in [-0.39, 0.29) is 5.92 Å². The number of carboxylic acids is 1. The molecular weight excluding hydrogens is 296 g/mol. The molecule has 1 fully saturated rings. The molecule has 0 radical (unpaired) electrons. The van der Waals surface area contributed by atoms with Crippen LogP contribution in [-0.4, -0.2) is 11.1 Å². The molecule has 1 aliphatic carbocycles. The predicted molar refractivity (Wildman–Crippen MR) is 97.9 cm³/mol. The lowest BCUT2D eigenvalue weighted by Crippen LogP contribution is -2.27. The van der Waals surface area contributed by atoms with Gasteiger partial charge in [0.15, 0.2) is 0 Å². The summed E-state index contributed by atoms with van der Waals surface area (Å²) >= 11 is 0. The average Bonchev–Trinajstić information content (AvgIpc) is 2.63. The van der Waals surface area contributed by atoms with Crippen LogP contribution in [0, 0.1) is 11.8 Å². The number of aliphatic carboxylic acids is 1. The molecule has 2 nitrogen and oxygen atoms in total. The summed E-state index contributed by atoms with van der Waals surface area (Å²) in [6, 6.07) is 19.2. The van der Waals surface area contributed by atoms with Crippen LogP contribution in [0.15, 0.2) is 54.6 Å². The molecular formula is C22H26O2. The largest absolute Gasteiger partial charge is 0.481 e. The van der Waals surface area contributed by atoms with Gasteiger partial charge in [-0.15, -0.1) is 0 Å². The number of aryl methyl sites for hydroxylation is 1. The van der Waals surface area contributed by atoms with Crippen molar-refractivity contribution in [1.29, 1.82) is 0 Å². The smallest absolute Gasteiger partial charge is 0.306 e. The molecule has 0 unspecified atom stereocenters. The number of carboxylic acid groups (broad SMARTS) is 1. The van der Waals surface area contributed by atoms with E-state index in [0.717, 1.165) is 38.5 Å². The van der Waals surface area contributed by atoms with Crippen molar-refractivity contribution in [2.24, 2.45) is 11.8 Å². The van der Waals surface area contributed by atoms with Crippen molar-refractivity contribution in [3.63, 3.8) is 0 Å². The van der Waals surface area contributed by atoms with Gasteiger partial charge in [-0.2, -0.15) is 0 Å². The highest BCUT2D eigenvalue weighted by molar-refractivity contribution is 5.70. The summed E-state index contributed by atoms with van der Waals surface area (Å²) in [5.74, 6) is -0.328. The Kier molecular flexibility index (Phi) is 5.68. The summed E-state index contributed by atoms with van der Waals surface area (Å²) in [6.07, 6.45) is 7.39. The van der Waals surface area contributed by atoms with E-state index in [2.05, 4.69) is 48.5 Å². The zero-order valence-corrected chi connectivity index (χ0v) is 14.2. The van der Waals surface area contributed by atoms with E-state index < -0.39 is 5.97 Å². The third-order valence-corrected chi connectivity index (χ3v) is 5.33. The highest BCUT2D eigenvalue weighted by atomic mass is 16.4. The minimum Gasteiger partial charge on any atom is -0.481 e. The molecule has 0 saturated heterocycles. The molecule has 2 atom stereocenters. The van der Waals surface area contributed by atoms with E-state index in [1.165, 1.54) is 23.1 Å². The normalized spacial score (nSPS) is 20.7.